The number of nitrogens with zero attached hydrogens (tertiary/aromatic N) is 4. The van der Waals surface area contributed by atoms with Crippen molar-refractivity contribution in [1.29, 1.82) is 0 Å². The summed E-state index contributed by atoms with van der Waals surface area (Å²) in [5, 5.41) is 19.8. The minimum atomic E-state index is -2.08. The highest BCUT2D eigenvalue weighted by molar-refractivity contribution is 6.23. The number of anilines is 1. The van der Waals surface area contributed by atoms with Gasteiger partial charge in [0, 0.05) is 57.4 Å². The van der Waals surface area contributed by atoms with Gasteiger partial charge in [0.05, 0.1) is 43.5 Å². The fourth-order valence-electron chi connectivity index (χ4n) is 11.0. The summed E-state index contributed by atoms with van der Waals surface area (Å²) < 4.78 is 35.1. The molecule has 0 radical (unpaired) electrons. The summed E-state index contributed by atoms with van der Waals surface area (Å²) >= 11 is 0. The Bertz CT molecular complexity index is 2850. The van der Waals surface area contributed by atoms with Crippen molar-refractivity contribution < 1.29 is 57.8 Å². The van der Waals surface area contributed by atoms with Crippen LogP contribution in [0.25, 0.3) is 0 Å². The summed E-state index contributed by atoms with van der Waals surface area (Å²) in [7, 11) is 1.46. The second kappa shape index (κ2) is 20.6. The van der Waals surface area contributed by atoms with E-state index in [4.69, 9.17) is 28.4 Å². The lowest BCUT2D eigenvalue weighted by Crippen LogP contribution is -2.59. The number of hydrogen-bond donors (Lipinski definition) is 2. The number of benzene rings is 5. The molecule has 3 amide bonds. The zero-order valence-electron chi connectivity index (χ0n) is 39.2. The number of morpholine rings is 1. The van der Waals surface area contributed by atoms with Gasteiger partial charge in [-0.2, -0.15) is 0 Å². The molecule has 5 aliphatic heterocycles. The van der Waals surface area contributed by atoms with Crippen LogP contribution in [0.15, 0.2) is 121 Å². The Balaban J connectivity index is 1.19. The largest absolute Gasteiger partial charge is 0.491 e. The number of ether oxygens (including phenoxy) is 6. The molecule has 6 atom stereocenters. The van der Waals surface area contributed by atoms with Gasteiger partial charge in [0.2, 0.25) is 18.6 Å². The summed E-state index contributed by atoms with van der Waals surface area (Å²) in [5.74, 6) is 4.24. The topological polar surface area (TPSA) is 177 Å². The summed E-state index contributed by atoms with van der Waals surface area (Å²) in [6.07, 6.45) is -1.77. The molecule has 5 heterocycles. The lowest BCUT2D eigenvalue weighted by atomic mass is 9.64. The summed E-state index contributed by atoms with van der Waals surface area (Å²) in [5.41, 5.74) is 1.66. The number of para-hydroxylation sites is 1. The molecule has 1 spiro atoms. The minimum Gasteiger partial charge on any atom is -0.491 e. The molecular formula is C55H54N4O12. The number of hydrogen-bond acceptors (Lipinski definition) is 14. The maximum Gasteiger partial charge on any atom is 0.421 e. The molecule has 0 aliphatic carbocycles. The van der Waals surface area contributed by atoms with E-state index in [0.29, 0.717) is 53.6 Å². The van der Waals surface area contributed by atoms with Crippen molar-refractivity contribution >= 4 is 29.6 Å². The van der Waals surface area contributed by atoms with E-state index < -0.39 is 59.4 Å². The van der Waals surface area contributed by atoms with Gasteiger partial charge < -0.3 is 43.5 Å². The van der Waals surface area contributed by atoms with Gasteiger partial charge in [0.15, 0.2) is 11.5 Å². The molecule has 0 bridgehead atoms. The summed E-state index contributed by atoms with van der Waals surface area (Å²) in [6.45, 7) is 1.43. The molecule has 16 nitrogen and oxygen atoms in total. The number of piperazine rings is 1. The number of carbonyl (C=O) groups is 4. The molecule has 71 heavy (non-hydrogen) atoms. The van der Waals surface area contributed by atoms with Crippen LogP contribution < -0.4 is 19.1 Å². The van der Waals surface area contributed by atoms with E-state index in [-0.39, 0.29) is 70.6 Å². The maximum absolute atomic E-state index is 16.6. The average molecular weight is 963 g/mol. The standard InChI is InChI=1S/C55H54N4O12/c1-66-30-31-68-54(65)58-42-21-19-36(12-10-11-27-60)32-41(42)55(53(58)64)46(51(62)57-25-23-56(24-26-57)34-37-20-22-44-45(33-37)70-35-69-44)48-52(63)71-49(39-15-6-3-7-16-39)47(38-13-4-2-5-14-38)59(48)50(55)40-17-8-9-18-43(40)67-29-28-61/h2-9,13-22,32-33,46-50,60-61H,11,23-31,34-35H2,1H3/t46-,47-,48-,49+,50+,55-/m1/s1. The first kappa shape index (κ1) is 47.4. The van der Waals surface area contributed by atoms with Crippen LogP contribution in [-0.2, 0) is 40.6 Å². The number of aliphatic hydroxyl groups is 2. The summed E-state index contributed by atoms with van der Waals surface area (Å²) in [6, 6.07) is 33.3. The third-order valence-corrected chi connectivity index (χ3v) is 14.0. The molecule has 366 valence electrons. The zero-order valence-corrected chi connectivity index (χ0v) is 39.2. The molecule has 0 aromatic heterocycles. The molecule has 0 saturated carbocycles. The molecule has 3 fully saturated rings. The van der Waals surface area contributed by atoms with Gasteiger partial charge in [-0.25, -0.2) is 9.69 Å². The van der Waals surface area contributed by atoms with Gasteiger partial charge in [0.25, 0.3) is 0 Å². The first-order chi connectivity index (χ1) is 34.8. The van der Waals surface area contributed by atoms with Crippen LogP contribution in [0.2, 0.25) is 0 Å². The van der Waals surface area contributed by atoms with Crippen LogP contribution >= 0.6 is 0 Å². The number of fused-ring (bicyclic) bond motifs is 4. The van der Waals surface area contributed by atoms with Gasteiger partial charge in [-0.1, -0.05) is 96.8 Å². The van der Waals surface area contributed by atoms with E-state index in [2.05, 4.69) is 16.7 Å². The third kappa shape index (κ3) is 8.63. The van der Waals surface area contributed by atoms with Gasteiger partial charge in [-0.05, 0) is 58.7 Å². The quantitative estimate of drug-likeness (QED) is 0.0882. The lowest BCUT2D eigenvalue weighted by Gasteiger charge is -2.46. The van der Waals surface area contributed by atoms with Crippen molar-refractivity contribution in [3.63, 3.8) is 0 Å². The first-order valence-corrected chi connectivity index (χ1v) is 23.8. The van der Waals surface area contributed by atoms with Crippen LogP contribution in [0.4, 0.5) is 10.5 Å². The molecule has 10 rings (SSSR count). The number of cyclic esters (lactones) is 1. The molecule has 5 aromatic carbocycles. The van der Waals surface area contributed by atoms with Crippen molar-refractivity contribution in [1.82, 2.24) is 14.7 Å². The molecule has 3 saturated heterocycles. The Morgan fingerprint density at radius 2 is 1.51 bits per heavy atom. The normalized spacial score (nSPS) is 23.5. The summed E-state index contributed by atoms with van der Waals surface area (Å²) in [4.78, 5) is 70.0. The van der Waals surface area contributed by atoms with E-state index in [1.807, 2.05) is 83.8 Å². The van der Waals surface area contributed by atoms with Crippen LogP contribution in [0.1, 0.15) is 58.0 Å². The Morgan fingerprint density at radius 1 is 0.775 bits per heavy atom. The molecular weight excluding hydrogens is 909 g/mol. The second-order valence-corrected chi connectivity index (χ2v) is 17.9. The van der Waals surface area contributed by atoms with E-state index in [1.54, 1.807) is 47.4 Å². The van der Waals surface area contributed by atoms with Crippen LogP contribution in [-0.4, -0.2) is 128 Å². The van der Waals surface area contributed by atoms with Crippen molar-refractivity contribution in [2.75, 3.05) is 78.0 Å². The van der Waals surface area contributed by atoms with Gasteiger partial charge in [-0.15, -0.1) is 0 Å². The average Bonchev–Trinajstić information content (AvgIpc) is 4.07. The molecule has 5 aromatic rings. The first-order valence-electron chi connectivity index (χ1n) is 23.8. The fourth-order valence-corrected chi connectivity index (χ4v) is 11.0. The SMILES string of the molecule is COCCOC(=O)N1C(=O)[C@@]2(c3cc(C#CCCO)ccc31)[C@H](c1ccccc1OCCO)N1[C@H](c3ccccc3)[C@H](c3ccccc3)OC(=O)[C@H]1[C@@H]2C(=O)N1CCN(Cc2ccc3c(c2)OCO3)CC1. The lowest BCUT2D eigenvalue weighted by molar-refractivity contribution is -0.179. The number of imide groups is 1. The molecule has 2 N–H and O–H groups in total. The molecule has 16 heteroatoms. The number of aliphatic hydroxyl groups excluding tert-OH is 2. The highest BCUT2D eigenvalue weighted by Crippen LogP contribution is 2.67. The molecule has 0 unspecified atom stereocenters. The van der Waals surface area contributed by atoms with Crippen molar-refractivity contribution in [2.45, 2.75) is 42.6 Å². The van der Waals surface area contributed by atoms with E-state index in [1.165, 1.54) is 7.11 Å². The Morgan fingerprint density at radius 3 is 2.25 bits per heavy atom. The second-order valence-electron chi connectivity index (χ2n) is 17.9. The van der Waals surface area contributed by atoms with Crippen molar-refractivity contribution in [3.8, 4) is 29.1 Å². The van der Waals surface area contributed by atoms with E-state index in [0.717, 1.165) is 16.0 Å². The highest BCUT2D eigenvalue weighted by atomic mass is 16.7. The number of esters is 1. The predicted molar refractivity (Wildman–Crippen MR) is 257 cm³/mol. The van der Waals surface area contributed by atoms with Crippen LogP contribution in [0.3, 0.4) is 0 Å². The zero-order chi connectivity index (χ0) is 49.1. The fraction of sp³-hybridized carbons (Fsp3) is 0.345. The van der Waals surface area contributed by atoms with Gasteiger partial charge in [0.1, 0.15) is 36.5 Å². The van der Waals surface area contributed by atoms with E-state index in [9.17, 15) is 15.0 Å². The van der Waals surface area contributed by atoms with E-state index >= 15 is 14.4 Å². The van der Waals surface area contributed by atoms with Gasteiger partial charge >= 0.3 is 12.1 Å². The third-order valence-electron chi connectivity index (χ3n) is 14.0. The van der Waals surface area contributed by atoms with Gasteiger partial charge in [-0.3, -0.25) is 24.2 Å². The number of amides is 3. The Hall–Kier alpha value is -7.26. The maximum atomic E-state index is 16.6. The van der Waals surface area contributed by atoms with Crippen molar-refractivity contribution in [3.05, 3.63) is 155 Å². The van der Waals surface area contributed by atoms with Crippen LogP contribution in [0, 0.1) is 17.8 Å². The number of rotatable bonds is 13. The van der Waals surface area contributed by atoms with Crippen LogP contribution in [0.5, 0.6) is 17.2 Å². The predicted octanol–water partition coefficient (Wildman–Crippen LogP) is 5.31. The number of carbonyl (C=O) groups excluding carboxylic acids is 4. The monoisotopic (exact) mass is 962 g/mol. The Kier molecular flexibility index (Phi) is 13.8. The minimum absolute atomic E-state index is 0.0480. The van der Waals surface area contributed by atoms with Crippen molar-refractivity contribution in [2.24, 2.45) is 5.92 Å². The highest BCUT2D eigenvalue weighted by Gasteiger charge is 2.76. The Labute approximate surface area is 411 Å². The number of methoxy groups -OCH3 is 1. The smallest absolute Gasteiger partial charge is 0.421 e. The molecule has 5 aliphatic rings.